The van der Waals surface area contributed by atoms with Gasteiger partial charge in [0.25, 0.3) is 5.91 Å². The molecule has 2 aromatic carbocycles. The SMILES string of the molecule is Cc1ccc(C(=O)N2C(C(=O)Nc3ccc(C)c(C)c3)CSC2c2cccs2)cc1. The summed E-state index contributed by atoms with van der Waals surface area (Å²) in [5.41, 5.74) is 4.77. The number of thioether (sulfide) groups is 1. The number of nitrogens with one attached hydrogen (secondary N) is 1. The summed E-state index contributed by atoms with van der Waals surface area (Å²) in [4.78, 5) is 29.5. The van der Waals surface area contributed by atoms with Crippen molar-refractivity contribution in [3.63, 3.8) is 0 Å². The zero-order valence-electron chi connectivity index (χ0n) is 17.2. The van der Waals surface area contributed by atoms with Crippen molar-refractivity contribution in [2.24, 2.45) is 0 Å². The van der Waals surface area contributed by atoms with Crippen molar-refractivity contribution >= 4 is 40.6 Å². The average molecular weight is 437 g/mol. The summed E-state index contributed by atoms with van der Waals surface area (Å²) in [7, 11) is 0. The molecule has 0 radical (unpaired) electrons. The summed E-state index contributed by atoms with van der Waals surface area (Å²) in [6, 6.07) is 16.9. The molecule has 0 bridgehead atoms. The lowest BCUT2D eigenvalue weighted by atomic mass is 10.1. The normalized spacial score (nSPS) is 18.4. The second kappa shape index (κ2) is 8.66. The number of anilines is 1. The number of nitrogens with zero attached hydrogens (tertiary/aromatic N) is 1. The van der Waals surface area contributed by atoms with Gasteiger partial charge in [-0.1, -0.05) is 29.8 Å². The summed E-state index contributed by atoms with van der Waals surface area (Å²) in [5.74, 6) is 0.306. The van der Waals surface area contributed by atoms with Crippen molar-refractivity contribution in [1.29, 1.82) is 0 Å². The first-order valence-electron chi connectivity index (χ1n) is 9.86. The topological polar surface area (TPSA) is 49.4 Å². The minimum Gasteiger partial charge on any atom is -0.324 e. The van der Waals surface area contributed by atoms with Crippen LogP contribution in [0, 0.1) is 20.8 Å². The molecule has 2 amide bonds. The Morgan fingerprint density at radius 1 is 1.00 bits per heavy atom. The van der Waals surface area contributed by atoms with Gasteiger partial charge in [0.1, 0.15) is 11.4 Å². The predicted molar refractivity (Wildman–Crippen MR) is 125 cm³/mol. The Kier molecular flexibility index (Phi) is 5.97. The van der Waals surface area contributed by atoms with E-state index in [-0.39, 0.29) is 17.2 Å². The molecule has 1 saturated heterocycles. The van der Waals surface area contributed by atoms with E-state index in [2.05, 4.69) is 5.32 Å². The number of amides is 2. The van der Waals surface area contributed by atoms with E-state index < -0.39 is 6.04 Å². The van der Waals surface area contributed by atoms with E-state index in [0.717, 1.165) is 21.7 Å². The molecule has 4 nitrogen and oxygen atoms in total. The van der Waals surface area contributed by atoms with Crippen LogP contribution in [0.1, 0.15) is 37.3 Å². The minimum absolute atomic E-state index is 0.112. The van der Waals surface area contributed by atoms with Crippen LogP contribution >= 0.6 is 23.1 Å². The zero-order valence-corrected chi connectivity index (χ0v) is 18.8. The Morgan fingerprint density at radius 2 is 1.77 bits per heavy atom. The zero-order chi connectivity index (χ0) is 21.3. The number of carbonyl (C=O) groups is 2. The number of hydrogen-bond acceptors (Lipinski definition) is 4. The summed E-state index contributed by atoms with van der Waals surface area (Å²) in [5, 5.41) is 4.87. The smallest absolute Gasteiger partial charge is 0.255 e. The lowest BCUT2D eigenvalue weighted by Gasteiger charge is -2.28. The van der Waals surface area contributed by atoms with Gasteiger partial charge in [-0.2, -0.15) is 0 Å². The van der Waals surface area contributed by atoms with E-state index in [1.54, 1.807) is 28.0 Å². The Balaban J connectivity index is 1.63. The molecule has 1 aliphatic heterocycles. The molecule has 1 aliphatic rings. The van der Waals surface area contributed by atoms with Crippen molar-refractivity contribution < 1.29 is 9.59 Å². The molecule has 1 aromatic heterocycles. The van der Waals surface area contributed by atoms with Gasteiger partial charge in [-0.15, -0.1) is 23.1 Å². The van der Waals surface area contributed by atoms with Crippen molar-refractivity contribution in [1.82, 2.24) is 4.90 Å². The molecule has 0 aliphatic carbocycles. The number of carbonyl (C=O) groups excluding carboxylic acids is 2. The van der Waals surface area contributed by atoms with Gasteiger partial charge < -0.3 is 10.2 Å². The Morgan fingerprint density at radius 3 is 2.43 bits per heavy atom. The fourth-order valence-corrected chi connectivity index (χ4v) is 5.89. The summed E-state index contributed by atoms with van der Waals surface area (Å²) >= 11 is 3.26. The molecule has 1 N–H and O–H groups in total. The van der Waals surface area contributed by atoms with E-state index in [1.807, 2.05) is 80.7 Å². The molecule has 1 fully saturated rings. The lowest BCUT2D eigenvalue weighted by Crippen LogP contribution is -2.45. The molecule has 2 atom stereocenters. The highest BCUT2D eigenvalue weighted by Gasteiger charge is 2.43. The highest BCUT2D eigenvalue weighted by Crippen LogP contribution is 2.44. The first-order chi connectivity index (χ1) is 14.4. The molecule has 2 unspecified atom stereocenters. The monoisotopic (exact) mass is 436 g/mol. The molecule has 30 heavy (non-hydrogen) atoms. The van der Waals surface area contributed by atoms with Crippen molar-refractivity contribution in [3.05, 3.63) is 87.1 Å². The van der Waals surface area contributed by atoms with Crippen LogP contribution in [0.5, 0.6) is 0 Å². The van der Waals surface area contributed by atoms with Crippen LogP contribution in [-0.2, 0) is 4.79 Å². The van der Waals surface area contributed by atoms with Gasteiger partial charge >= 0.3 is 0 Å². The first-order valence-corrected chi connectivity index (χ1v) is 11.8. The van der Waals surface area contributed by atoms with Gasteiger partial charge in [-0.05, 0) is 67.6 Å². The highest BCUT2D eigenvalue weighted by atomic mass is 32.2. The second-order valence-electron chi connectivity index (χ2n) is 7.58. The lowest BCUT2D eigenvalue weighted by molar-refractivity contribution is -0.119. The first kappa shape index (κ1) is 20.7. The van der Waals surface area contributed by atoms with Crippen LogP contribution in [-0.4, -0.2) is 28.5 Å². The van der Waals surface area contributed by atoms with Gasteiger partial charge in [-0.25, -0.2) is 0 Å². The quantitative estimate of drug-likeness (QED) is 0.582. The Labute approximate surface area is 185 Å². The predicted octanol–water partition coefficient (Wildman–Crippen LogP) is 5.57. The van der Waals surface area contributed by atoms with Crippen LogP contribution < -0.4 is 5.32 Å². The van der Waals surface area contributed by atoms with E-state index in [4.69, 9.17) is 0 Å². The highest BCUT2D eigenvalue weighted by molar-refractivity contribution is 7.99. The van der Waals surface area contributed by atoms with Gasteiger partial charge in [-0.3, -0.25) is 9.59 Å². The van der Waals surface area contributed by atoms with Gasteiger partial charge in [0.2, 0.25) is 5.91 Å². The van der Waals surface area contributed by atoms with Gasteiger partial charge in [0.05, 0.1) is 0 Å². The molecular formula is C24H24N2O2S2. The fourth-order valence-electron chi connectivity index (χ4n) is 3.50. The van der Waals surface area contributed by atoms with Crippen LogP contribution in [0.15, 0.2) is 60.0 Å². The second-order valence-corrected chi connectivity index (χ2v) is 9.68. The molecule has 6 heteroatoms. The largest absolute Gasteiger partial charge is 0.324 e. The standard InChI is InChI=1S/C24H24N2O2S2/c1-15-6-9-18(10-7-15)23(28)26-20(14-30-24(26)21-5-4-12-29-21)22(27)25-19-11-8-16(2)17(3)13-19/h4-13,20,24H,14H2,1-3H3,(H,25,27). The van der Waals surface area contributed by atoms with Crippen LogP contribution in [0.2, 0.25) is 0 Å². The van der Waals surface area contributed by atoms with Crippen molar-refractivity contribution in [3.8, 4) is 0 Å². The Hall–Kier alpha value is -2.57. The van der Waals surface area contributed by atoms with Crippen molar-refractivity contribution in [2.45, 2.75) is 32.2 Å². The molecular weight excluding hydrogens is 412 g/mol. The summed E-state index contributed by atoms with van der Waals surface area (Å²) < 4.78 is 0. The summed E-state index contributed by atoms with van der Waals surface area (Å²) in [6.07, 6.45) is 0. The average Bonchev–Trinajstić information content (AvgIpc) is 3.40. The van der Waals surface area contributed by atoms with E-state index in [9.17, 15) is 9.59 Å². The van der Waals surface area contributed by atoms with Gasteiger partial charge in [0.15, 0.2) is 0 Å². The van der Waals surface area contributed by atoms with Crippen LogP contribution in [0.25, 0.3) is 0 Å². The molecule has 154 valence electrons. The molecule has 3 aromatic rings. The molecule has 0 saturated carbocycles. The van der Waals surface area contributed by atoms with Gasteiger partial charge in [0, 0.05) is 21.9 Å². The minimum atomic E-state index is -0.530. The number of aryl methyl sites for hydroxylation is 3. The number of hydrogen-bond donors (Lipinski definition) is 1. The number of rotatable bonds is 4. The number of benzene rings is 2. The van der Waals surface area contributed by atoms with E-state index in [0.29, 0.717) is 11.3 Å². The summed E-state index contributed by atoms with van der Waals surface area (Å²) in [6.45, 7) is 6.06. The third kappa shape index (κ3) is 4.16. The molecule has 0 spiro atoms. The number of thiophene rings is 1. The van der Waals surface area contributed by atoms with E-state index in [1.165, 1.54) is 5.56 Å². The molecule has 4 rings (SSSR count). The Bertz CT molecular complexity index is 1060. The van der Waals surface area contributed by atoms with E-state index >= 15 is 0 Å². The van der Waals surface area contributed by atoms with Crippen molar-refractivity contribution in [2.75, 3.05) is 11.1 Å². The van der Waals surface area contributed by atoms with Crippen LogP contribution in [0.3, 0.4) is 0 Å². The maximum Gasteiger partial charge on any atom is 0.255 e. The molecule has 2 heterocycles. The maximum absolute atomic E-state index is 13.5. The maximum atomic E-state index is 13.5. The fraction of sp³-hybridized carbons (Fsp3) is 0.250. The third-order valence-corrected chi connectivity index (χ3v) is 7.78. The third-order valence-electron chi connectivity index (χ3n) is 5.40. The van der Waals surface area contributed by atoms with Crippen LogP contribution in [0.4, 0.5) is 5.69 Å².